The molecule has 0 saturated carbocycles. The van der Waals surface area contributed by atoms with Gasteiger partial charge in [-0.2, -0.15) is 0 Å². The first-order valence-corrected chi connectivity index (χ1v) is 9.96. The number of nitrogens with zero attached hydrogens (tertiary/aromatic N) is 2. The van der Waals surface area contributed by atoms with Crippen LogP contribution >= 0.6 is 0 Å². The predicted octanol–water partition coefficient (Wildman–Crippen LogP) is 4.91. The zero-order valence-corrected chi connectivity index (χ0v) is 16.0. The molecule has 144 valence electrons. The van der Waals surface area contributed by atoms with Crippen LogP contribution < -0.4 is 16.0 Å². The van der Waals surface area contributed by atoms with Crippen LogP contribution in [0.5, 0.6) is 0 Å². The van der Waals surface area contributed by atoms with Crippen molar-refractivity contribution >= 4 is 22.9 Å². The second-order valence-electron chi connectivity index (χ2n) is 7.34. The number of aromatic nitrogens is 2. The van der Waals surface area contributed by atoms with Crippen molar-refractivity contribution in [2.24, 2.45) is 5.92 Å². The molecular weight excluding hydrogens is 358 g/mol. The van der Waals surface area contributed by atoms with Crippen molar-refractivity contribution in [3.8, 4) is 0 Å². The lowest BCUT2D eigenvalue weighted by atomic mass is 9.91. The van der Waals surface area contributed by atoms with Gasteiger partial charge in [0, 0.05) is 12.5 Å². The Morgan fingerprint density at radius 2 is 1.72 bits per heavy atom. The molecule has 1 aliphatic heterocycles. The first kappa shape index (κ1) is 17.5. The number of fused-ring (bicyclic) bond motifs is 1. The molecule has 5 nitrogen and oxygen atoms in total. The Hall–Kier alpha value is -3.60. The number of allylic oxidation sites excluding steroid dienone is 3. The van der Waals surface area contributed by atoms with E-state index < -0.39 is 0 Å². The van der Waals surface area contributed by atoms with Crippen molar-refractivity contribution in [1.82, 2.24) is 9.97 Å². The van der Waals surface area contributed by atoms with Crippen LogP contribution in [0.4, 0.5) is 17.3 Å². The maximum Gasteiger partial charge on any atom is 0.156 e. The Kier molecular flexibility index (Phi) is 4.70. The number of benzene rings is 2. The number of hydrogen-bond donors (Lipinski definition) is 3. The lowest BCUT2D eigenvalue weighted by Gasteiger charge is -2.23. The van der Waals surface area contributed by atoms with Crippen LogP contribution in [-0.2, 0) is 6.54 Å². The molecule has 2 aliphatic rings. The van der Waals surface area contributed by atoms with Gasteiger partial charge in [0.2, 0.25) is 0 Å². The fourth-order valence-electron chi connectivity index (χ4n) is 3.83. The first-order valence-electron chi connectivity index (χ1n) is 9.96. The summed E-state index contributed by atoms with van der Waals surface area (Å²) < 4.78 is 0. The molecule has 3 N–H and O–H groups in total. The van der Waals surface area contributed by atoms with Crippen LogP contribution in [0.25, 0.3) is 5.57 Å². The smallest absolute Gasteiger partial charge is 0.156 e. The van der Waals surface area contributed by atoms with Gasteiger partial charge < -0.3 is 16.0 Å². The molecule has 2 atom stereocenters. The average Bonchev–Trinajstić information content (AvgIpc) is 3.24. The van der Waals surface area contributed by atoms with E-state index in [2.05, 4.69) is 80.5 Å². The first-order chi connectivity index (χ1) is 14.4. The predicted molar refractivity (Wildman–Crippen MR) is 119 cm³/mol. The van der Waals surface area contributed by atoms with Gasteiger partial charge in [0.05, 0.1) is 0 Å². The lowest BCUT2D eigenvalue weighted by molar-refractivity contribution is 0.590. The van der Waals surface area contributed by atoms with E-state index in [1.807, 2.05) is 24.3 Å². The van der Waals surface area contributed by atoms with E-state index in [1.54, 1.807) is 6.33 Å². The third-order valence-corrected chi connectivity index (χ3v) is 5.41. The molecule has 1 aromatic heterocycles. The Morgan fingerprint density at radius 3 is 2.48 bits per heavy atom. The fraction of sp³-hybridized carbons (Fsp3) is 0.167. The monoisotopic (exact) mass is 381 g/mol. The standard InChI is InChI=1S/C24H23N5/c1-3-7-17(8-4-1)15-25-23-21-24(27-16-26-23)29-22(28-21)20-13-11-19(12-14-20)18-9-5-2-6-10-18/h1-13,16,20,22,28H,14-15H2,(H2,25,26,27,29). The molecule has 0 radical (unpaired) electrons. The van der Waals surface area contributed by atoms with E-state index in [0.29, 0.717) is 5.92 Å². The highest BCUT2D eigenvalue weighted by Crippen LogP contribution is 2.37. The molecule has 5 heteroatoms. The van der Waals surface area contributed by atoms with Crippen LogP contribution in [0.15, 0.2) is 85.2 Å². The summed E-state index contributed by atoms with van der Waals surface area (Å²) in [5.74, 6) is 2.03. The average molecular weight is 381 g/mol. The molecule has 0 amide bonds. The second kappa shape index (κ2) is 7.80. The molecule has 2 aromatic carbocycles. The molecule has 0 fully saturated rings. The van der Waals surface area contributed by atoms with Gasteiger partial charge in [0.1, 0.15) is 18.2 Å². The Labute approximate surface area is 170 Å². The minimum atomic E-state index is 0.101. The molecule has 0 bridgehead atoms. The molecule has 5 rings (SSSR count). The van der Waals surface area contributed by atoms with Crippen LogP contribution in [0.2, 0.25) is 0 Å². The summed E-state index contributed by atoms with van der Waals surface area (Å²) in [6, 6.07) is 20.8. The van der Waals surface area contributed by atoms with E-state index in [9.17, 15) is 0 Å². The quantitative estimate of drug-likeness (QED) is 0.586. The molecule has 2 heterocycles. The molecule has 29 heavy (non-hydrogen) atoms. The van der Waals surface area contributed by atoms with Crippen LogP contribution in [0.1, 0.15) is 17.5 Å². The summed E-state index contributed by atoms with van der Waals surface area (Å²) in [6.45, 7) is 0.725. The number of hydrogen-bond acceptors (Lipinski definition) is 5. The Bertz CT molecular complexity index is 1040. The van der Waals surface area contributed by atoms with Crippen molar-refractivity contribution < 1.29 is 0 Å². The van der Waals surface area contributed by atoms with Crippen molar-refractivity contribution in [1.29, 1.82) is 0 Å². The van der Waals surface area contributed by atoms with E-state index in [4.69, 9.17) is 0 Å². The molecule has 2 unspecified atom stereocenters. The van der Waals surface area contributed by atoms with E-state index in [0.717, 1.165) is 30.3 Å². The Balaban J connectivity index is 1.26. The van der Waals surface area contributed by atoms with Gasteiger partial charge >= 0.3 is 0 Å². The van der Waals surface area contributed by atoms with Crippen molar-refractivity contribution in [3.63, 3.8) is 0 Å². The summed E-state index contributed by atoms with van der Waals surface area (Å²) in [5.41, 5.74) is 4.70. The second-order valence-corrected chi connectivity index (χ2v) is 7.34. The van der Waals surface area contributed by atoms with Gasteiger partial charge in [0.25, 0.3) is 0 Å². The third-order valence-electron chi connectivity index (χ3n) is 5.41. The van der Waals surface area contributed by atoms with Gasteiger partial charge in [0.15, 0.2) is 11.6 Å². The summed E-state index contributed by atoms with van der Waals surface area (Å²) in [7, 11) is 0. The third kappa shape index (κ3) is 3.72. The van der Waals surface area contributed by atoms with Crippen molar-refractivity contribution in [3.05, 3.63) is 96.3 Å². The summed E-state index contributed by atoms with van der Waals surface area (Å²) in [6.07, 6.45) is 9.49. The zero-order valence-electron chi connectivity index (χ0n) is 16.0. The van der Waals surface area contributed by atoms with Gasteiger partial charge in [-0.15, -0.1) is 0 Å². The van der Waals surface area contributed by atoms with Crippen molar-refractivity contribution in [2.45, 2.75) is 19.1 Å². The van der Waals surface area contributed by atoms with Crippen LogP contribution in [0, 0.1) is 5.92 Å². The largest absolute Gasteiger partial charge is 0.364 e. The SMILES string of the molecule is C1=CC(C2Nc3ncnc(NCc4ccccc4)c3N2)CC=C1c1ccccc1. The van der Waals surface area contributed by atoms with Gasteiger partial charge in [-0.1, -0.05) is 78.9 Å². The highest BCUT2D eigenvalue weighted by atomic mass is 15.3. The maximum atomic E-state index is 4.44. The molecule has 1 aliphatic carbocycles. The summed E-state index contributed by atoms with van der Waals surface area (Å²) >= 11 is 0. The molecule has 0 spiro atoms. The van der Waals surface area contributed by atoms with E-state index in [-0.39, 0.29) is 6.17 Å². The highest BCUT2D eigenvalue weighted by Gasteiger charge is 2.29. The molecule has 0 saturated heterocycles. The van der Waals surface area contributed by atoms with Crippen LogP contribution in [-0.4, -0.2) is 16.1 Å². The zero-order chi connectivity index (χ0) is 19.5. The number of nitrogens with one attached hydrogen (secondary N) is 3. The molecular formula is C24H23N5. The molecule has 3 aromatic rings. The summed E-state index contributed by atoms with van der Waals surface area (Å²) in [4.78, 5) is 8.86. The minimum Gasteiger partial charge on any atom is -0.364 e. The normalized spacial score (nSPS) is 19.7. The van der Waals surface area contributed by atoms with Crippen LogP contribution in [0.3, 0.4) is 0 Å². The number of rotatable bonds is 5. The van der Waals surface area contributed by atoms with Gasteiger partial charge in [-0.05, 0) is 23.1 Å². The highest BCUT2D eigenvalue weighted by molar-refractivity contribution is 5.81. The maximum absolute atomic E-state index is 4.44. The minimum absolute atomic E-state index is 0.101. The number of anilines is 3. The van der Waals surface area contributed by atoms with Crippen molar-refractivity contribution in [2.75, 3.05) is 16.0 Å². The topological polar surface area (TPSA) is 61.9 Å². The van der Waals surface area contributed by atoms with E-state index in [1.165, 1.54) is 16.7 Å². The Morgan fingerprint density at radius 1 is 0.931 bits per heavy atom. The summed E-state index contributed by atoms with van der Waals surface area (Å²) in [5, 5.41) is 10.5. The van der Waals surface area contributed by atoms with Gasteiger partial charge in [-0.3, -0.25) is 0 Å². The van der Waals surface area contributed by atoms with Gasteiger partial charge in [-0.25, -0.2) is 9.97 Å². The van der Waals surface area contributed by atoms with E-state index >= 15 is 0 Å². The lowest BCUT2D eigenvalue weighted by Crippen LogP contribution is -2.31. The fourth-order valence-corrected chi connectivity index (χ4v) is 3.83.